The fourth-order valence-corrected chi connectivity index (χ4v) is 3.21. The predicted octanol–water partition coefficient (Wildman–Crippen LogP) is 1.82. The second kappa shape index (κ2) is 6.01. The normalized spacial score (nSPS) is 18.9. The zero-order valence-electron chi connectivity index (χ0n) is 12.7. The summed E-state index contributed by atoms with van der Waals surface area (Å²) in [7, 11) is 2.03. The van der Waals surface area contributed by atoms with Crippen LogP contribution in [-0.4, -0.2) is 45.6 Å². The second-order valence-corrected chi connectivity index (χ2v) is 5.95. The molecule has 0 radical (unpaired) electrons. The van der Waals surface area contributed by atoms with Gasteiger partial charge in [-0.3, -0.25) is 4.90 Å². The van der Waals surface area contributed by atoms with Gasteiger partial charge in [-0.25, -0.2) is 4.68 Å². The molecule has 1 aromatic rings. The van der Waals surface area contributed by atoms with E-state index in [0.29, 0.717) is 0 Å². The van der Waals surface area contributed by atoms with Crippen LogP contribution in [0, 0.1) is 0 Å². The van der Waals surface area contributed by atoms with Gasteiger partial charge in [-0.2, -0.15) is 0 Å². The van der Waals surface area contributed by atoms with Crippen LogP contribution >= 0.6 is 0 Å². The van der Waals surface area contributed by atoms with Crippen molar-refractivity contribution in [2.45, 2.75) is 58.2 Å². The van der Waals surface area contributed by atoms with E-state index in [1.165, 1.54) is 31.6 Å². The van der Waals surface area contributed by atoms with Crippen LogP contribution in [0.25, 0.3) is 0 Å². The molecule has 1 N–H and O–H groups in total. The average Bonchev–Trinajstić information content (AvgIpc) is 3.02. The summed E-state index contributed by atoms with van der Waals surface area (Å²) >= 11 is 0. The molecule has 1 atom stereocenters. The fourth-order valence-electron chi connectivity index (χ4n) is 3.21. The Hall–Kier alpha value is -0.940. The van der Waals surface area contributed by atoms with Gasteiger partial charge in [0.15, 0.2) is 0 Å². The molecule has 19 heavy (non-hydrogen) atoms. The zero-order valence-corrected chi connectivity index (χ0v) is 12.7. The van der Waals surface area contributed by atoms with Gasteiger partial charge in [-0.05, 0) is 53.2 Å². The third-order valence-corrected chi connectivity index (χ3v) is 4.30. The van der Waals surface area contributed by atoms with E-state index in [1.54, 1.807) is 0 Å². The molecule has 1 fully saturated rings. The molecule has 1 unspecified atom stereocenters. The minimum Gasteiger partial charge on any atom is -0.310 e. The molecule has 0 aliphatic carbocycles. The molecule has 0 spiro atoms. The Morgan fingerprint density at radius 3 is 2.63 bits per heavy atom. The molecule has 0 aromatic carbocycles. The first-order valence-electron chi connectivity index (χ1n) is 7.42. The highest BCUT2D eigenvalue weighted by atomic mass is 15.4. The standard InChI is InChI=1S/C14H27N5/c1-5-8-19-12(11-16-17-19)13(15-4)14(2,3)18-9-6-7-10-18/h11,13,15H,5-10H2,1-4H3. The van der Waals surface area contributed by atoms with Gasteiger partial charge in [0, 0.05) is 12.1 Å². The van der Waals surface area contributed by atoms with E-state index >= 15 is 0 Å². The van der Waals surface area contributed by atoms with E-state index in [2.05, 4.69) is 41.3 Å². The largest absolute Gasteiger partial charge is 0.310 e. The van der Waals surface area contributed by atoms with Crippen molar-refractivity contribution in [3.63, 3.8) is 0 Å². The second-order valence-electron chi connectivity index (χ2n) is 5.95. The topological polar surface area (TPSA) is 46.0 Å². The molecule has 0 saturated carbocycles. The van der Waals surface area contributed by atoms with Gasteiger partial charge >= 0.3 is 0 Å². The van der Waals surface area contributed by atoms with Gasteiger partial charge < -0.3 is 5.32 Å². The molecular weight excluding hydrogens is 238 g/mol. The molecule has 2 rings (SSSR count). The number of nitrogens with zero attached hydrogens (tertiary/aromatic N) is 4. The van der Waals surface area contributed by atoms with Gasteiger partial charge in [0.1, 0.15) is 0 Å². The molecule has 108 valence electrons. The van der Waals surface area contributed by atoms with Crippen molar-refractivity contribution in [1.29, 1.82) is 0 Å². The summed E-state index contributed by atoms with van der Waals surface area (Å²) < 4.78 is 2.04. The quantitative estimate of drug-likeness (QED) is 0.852. The van der Waals surface area contributed by atoms with Crippen molar-refractivity contribution in [2.24, 2.45) is 0 Å². The predicted molar refractivity (Wildman–Crippen MR) is 77.0 cm³/mol. The lowest BCUT2D eigenvalue weighted by molar-refractivity contribution is 0.106. The van der Waals surface area contributed by atoms with Crippen LogP contribution in [0.5, 0.6) is 0 Å². The van der Waals surface area contributed by atoms with E-state index in [9.17, 15) is 0 Å². The summed E-state index contributed by atoms with van der Waals surface area (Å²) in [6.07, 6.45) is 5.62. The highest BCUT2D eigenvalue weighted by Gasteiger charge is 2.38. The van der Waals surface area contributed by atoms with E-state index in [1.807, 2.05) is 17.9 Å². The highest BCUT2D eigenvalue weighted by molar-refractivity contribution is 5.11. The first kappa shape index (κ1) is 14.5. The zero-order chi connectivity index (χ0) is 13.9. The number of rotatable bonds is 6. The van der Waals surface area contributed by atoms with Gasteiger partial charge in [-0.1, -0.05) is 12.1 Å². The number of nitrogens with one attached hydrogen (secondary N) is 1. The smallest absolute Gasteiger partial charge is 0.0775 e. The third kappa shape index (κ3) is 2.82. The van der Waals surface area contributed by atoms with Crippen molar-refractivity contribution in [3.8, 4) is 0 Å². The first-order valence-corrected chi connectivity index (χ1v) is 7.42. The lowest BCUT2D eigenvalue weighted by atomic mass is 9.90. The molecule has 0 bridgehead atoms. The molecule has 1 aromatic heterocycles. The van der Waals surface area contributed by atoms with Crippen LogP contribution in [-0.2, 0) is 6.54 Å². The Morgan fingerprint density at radius 1 is 1.37 bits per heavy atom. The van der Waals surface area contributed by atoms with Gasteiger partial charge in [0.2, 0.25) is 0 Å². The Morgan fingerprint density at radius 2 is 2.05 bits per heavy atom. The van der Waals surface area contributed by atoms with Crippen LogP contribution < -0.4 is 5.32 Å². The molecule has 5 nitrogen and oxygen atoms in total. The summed E-state index contributed by atoms with van der Waals surface area (Å²) in [5, 5.41) is 11.8. The minimum absolute atomic E-state index is 0.0818. The number of aromatic nitrogens is 3. The van der Waals surface area contributed by atoms with Crippen molar-refractivity contribution < 1.29 is 0 Å². The maximum Gasteiger partial charge on any atom is 0.0775 e. The van der Waals surface area contributed by atoms with Gasteiger partial charge in [-0.15, -0.1) is 5.10 Å². The maximum absolute atomic E-state index is 4.22. The Kier molecular flexibility index (Phi) is 4.58. The van der Waals surface area contributed by atoms with E-state index < -0.39 is 0 Å². The minimum atomic E-state index is 0.0818. The number of hydrogen-bond donors (Lipinski definition) is 1. The third-order valence-electron chi connectivity index (χ3n) is 4.30. The molecule has 0 amide bonds. The highest BCUT2D eigenvalue weighted by Crippen LogP contribution is 2.32. The Labute approximate surface area is 116 Å². The lowest BCUT2D eigenvalue weighted by Crippen LogP contribution is -2.51. The molecular formula is C14H27N5. The number of likely N-dealkylation sites (tertiary alicyclic amines) is 1. The molecule has 1 aliphatic rings. The summed E-state index contributed by atoms with van der Waals surface area (Å²) in [4.78, 5) is 2.58. The Balaban J connectivity index is 2.24. The summed E-state index contributed by atoms with van der Waals surface area (Å²) in [5.74, 6) is 0. The van der Waals surface area contributed by atoms with E-state index in [0.717, 1.165) is 13.0 Å². The van der Waals surface area contributed by atoms with Crippen LogP contribution in [0.4, 0.5) is 0 Å². The molecule has 1 aliphatic heterocycles. The Bertz CT molecular complexity index is 392. The SMILES string of the molecule is CCCn1nncc1C(NC)C(C)(C)N1CCCC1. The molecule has 5 heteroatoms. The van der Waals surface area contributed by atoms with Crippen molar-refractivity contribution in [3.05, 3.63) is 11.9 Å². The fraction of sp³-hybridized carbons (Fsp3) is 0.857. The molecule has 2 heterocycles. The number of aryl methyl sites for hydroxylation is 1. The van der Waals surface area contributed by atoms with Crippen molar-refractivity contribution >= 4 is 0 Å². The van der Waals surface area contributed by atoms with Crippen LogP contribution in [0.2, 0.25) is 0 Å². The van der Waals surface area contributed by atoms with Crippen LogP contribution in [0.1, 0.15) is 51.8 Å². The summed E-state index contributed by atoms with van der Waals surface area (Å²) in [5.41, 5.74) is 1.28. The summed E-state index contributed by atoms with van der Waals surface area (Å²) in [6, 6.07) is 0.257. The van der Waals surface area contributed by atoms with Crippen LogP contribution in [0.3, 0.4) is 0 Å². The molecule has 1 saturated heterocycles. The van der Waals surface area contributed by atoms with Crippen molar-refractivity contribution in [2.75, 3.05) is 20.1 Å². The lowest BCUT2D eigenvalue weighted by Gasteiger charge is -2.42. The number of hydrogen-bond acceptors (Lipinski definition) is 4. The maximum atomic E-state index is 4.22. The monoisotopic (exact) mass is 265 g/mol. The van der Waals surface area contributed by atoms with E-state index in [4.69, 9.17) is 0 Å². The van der Waals surface area contributed by atoms with Gasteiger partial charge in [0.25, 0.3) is 0 Å². The number of likely N-dealkylation sites (N-methyl/N-ethyl adjacent to an activating group) is 1. The first-order chi connectivity index (χ1) is 9.11. The van der Waals surface area contributed by atoms with Gasteiger partial charge in [0.05, 0.1) is 17.9 Å². The summed E-state index contributed by atoms with van der Waals surface area (Å²) in [6.45, 7) is 10.1. The average molecular weight is 265 g/mol. The van der Waals surface area contributed by atoms with Crippen LogP contribution in [0.15, 0.2) is 6.20 Å². The van der Waals surface area contributed by atoms with E-state index in [-0.39, 0.29) is 11.6 Å². The van der Waals surface area contributed by atoms with Crippen molar-refractivity contribution in [1.82, 2.24) is 25.2 Å².